The fourth-order valence-electron chi connectivity index (χ4n) is 2.90. The van der Waals surface area contributed by atoms with Crippen LogP contribution in [0.15, 0.2) is 54.9 Å². The van der Waals surface area contributed by atoms with Crippen LogP contribution in [-0.2, 0) is 11.3 Å². The summed E-state index contributed by atoms with van der Waals surface area (Å²) in [7, 11) is 1.54. The van der Waals surface area contributed by atoms with Gasteiger partial charge in [0.15, 0.2) is 18.1 Å². The van der Waals surface area contributed by atoms with Gasteiger partial charge in [0, 0.05) is 30.9 Å². The van der Waals surface area contributed by atoms with Gasteiger partial charge in [-0.3, -0.25) is 14.6 Å². The molecule has 0 bridgehead atoms. The van der Waals surface area contributed by atoms with Crippen molar-refractivity contribution in [1.82, 2.24) is 10.3 Å². The number of methoxy groups -OCH3 is 1. The van der Waals surface area contributed by atoms with Gasteiger partial charge in [-0.15, -0.1) is 0 Å². The van der Waals surface area contributed by atoms with E-state index in [4.69, 9.17) is 9.47 Å². The number of benzene rings is 1. The van der Waals surface area contributed by atoms with Gasteiger partial charge >= 0.3 is 0 Å². The molecule has 0 unspecified atom stereocenters. The molecule has 0 spiro atoms. The number of Topliss-reactive ketones (excluding diaryl/α,β-unsaturated/α-hetero) is 1. The van der Waals surface area contributed by atoms with Gasteiger partial charge in [-0.2, -0.15) is 0 Å². The number of allylic oxidation sites excluding steroid dienone is 2. The molecule has 0 saturated carbocycles. The summed E-state index contributed by atoms with van der Waals surface area (Å²) in [6, 6.07) is 8.81. The highest BCUT2D eigenvalue weighted by molar-refractivity contribution is 5.96. The van der Waals surface area contributed by atoms with E-state index < -0.39 is 0 Å². The molecule has 6 nitrogen and oxygen atoms in total. The van der Waals surface area contributed by atoms with Gasteiger partial charge in [0.2, 0.25) is 11.7 Å². The van der Waals surface area contributed by atoms with Gasteiger partial charge in [0.05, 0.1) is 7.11 Å². The average molecular weight is 425 g/mol. The zero-order chi connectivity index (χ0) is 22.5. The van der Waals surface area contributed by atoms with Crippen molar-refractivity contribution in [2.45, 2.75) is 46.1 Å². The quantitative estimate of drug-likeness (QED) is 0.285. The Morgan fingerprint density at radius 1 is 1.16 bits per heavy atom. The molecule has 0 saturated heterocycles. The Bertz CT molecular complexity index is 863. The maximum absolute atomic E-state index is 12.2. The molecule has 1 N–H and O–H groups in total. The summed E-state index contributed by atoms with van der Waals surface area (Å²) in [6.45, 7) is 4.61. The van der Waals surface area contributed by atoms with Crippen molar-refractivity contribution in [1.29, 1.82) is 0 Å². The minimum Gasteiger partial charge on any atom is -0.493 e. The van der Waals surface area contributed by atoms with Crippen LogP contribution in [-0.4, -0.2) is 30.4 Å². The molecule has 0 aliphatic heterocycles. The zero-order valence-corrected chi connectivity index (χ0v) is 18.6. The second-order valence-corrected chi connectivity index (χ2v) is 7.63. The molecule has 2 aromatic rings. The minimum absolute atomic E-state index is 0.0363. The van der Waals surface area contributed by atoms with Gasteiger partial charge in [-0.05, 0) is 55.0 Å². The van der Waals surface area contributed by atoms with Gasteiger partial charge in [0.1, 0.15) is 0 Å². The Kier molecular flexibility index (Phi) is 10.3. The van der Waals surface area contributed by atoms with E-state index in [0.29, 0.717) is 35.9 Å². The van der Waals surface area contributed by atoms with E-state index >= 15 is 0 Å². The van der Waals surface area contributed by atoms with E-state index in [1.54, 1.807) is 37.6 Å². The highest BCUT2D eigenvalue weighted by atomic mass is 16.5. The van der Waals surface area contributed by atoms with Crippen LogP contribution in [0.4, 0.5) is 0 Å². The summed E-state index contributed by atoms with van der Waals surface area (Å²) < 4.78 is 11.0. The number of hydrogen-bond donors (Lipinski definition) is 1. The molecule has 31 heavy (non-hydrogen) atoms. The van der Waals surface area contributed by atoms with Crippen molar-refractivity contribution in [2.24, 2.45) is 5.92 Å². The molecule has 1 heterocycles. The van der Waals surface area contributed by atoms with E-state index in [1.807, 2.05) is 6.07 Å². The van der Waals surface area contributed by atoms with Crippen LogP contribution >= 0.6 is 0 Å². The largest absolute Gasteiger partial charge is 0.493 e. The molecule has 0 aliphatic rings. The van der Waals surface area contributed by atoms with Crippen LogP contribution in [0, 0.1) is 5.92 Å². The highest BCUT2D eigenvalue weighted by Crippen LogP contribution is 2.28. The number of ether oxygens (including phenoxy) is 2. The number of nitrogens with one attached hydrogen (secondary N) is 1. The number of carbonyl (C=O) groups is 2. The molecule has 0 fully saturated rings. The maximum atomic E-state index is 12.2. The second kappa shape index (κ2) is 13.2. The van der Waals surface area contributed by atoms with Crippen molar-refractivity contribution in [3.63, 3.8) is 0 Å². The molecule has 0 radical (unpaired) electrons. The lowest BCUT2D eigenvalue weighted by Crippen LogP contribution is -2.22. The first-order chi connectivity index (χ1) is 15.0. The Balaban J connectivity index is 1.77. The van der Waals surface area contributed by atoms with Crippen LogP contribution < -0.4 is 14.8 Å². The Labute approximate surface area is 184 Å². The molecule has 1 amide bonds. The van der Waals surface area contributed by atoms with Crippen LogP contribution in [0.1, 0.15) is 55.5 Å². The Morgan fingerprint density at radius 3 is 2.71 bits per heavy atom. The summed E-state index contributed by atoms with van der Waals surface area (Å²) in [5.74, 6) is 1.44. The van der Waals surface area contributed by atoms with Gasteiger partial charge < -0.3 is 14.8 Å². The number of carbonyl (C=O) groups excluding carboxylic acids is 2. The summed E-state index contributed by atoms with van der Waals surface area (Å²) in [5, 5.41) is 2.94. The van der Waals surface area contributed by atoms with Crippen molar-refractivity contribution < 1.29 is 19.1 Å². The molecule has 1 aromatic heterocycles. The first-order valence-corrected chi connectivity index (χ1v) is 10.7. The van der Waals surface area contributed by atoms with Crippen LogP contribution in [0.5, 0.6) is 11.5 Å². The molecule has 2 rings (SSSR count). The highest BCUT2D eigenvalue weighted by Gasteiger charge is 2.11. The summed E-state index contributed by atoms with van der Waals surface area (Å²) in [4.78, 5) is 28.2. The van der Waals surface area contributed by atoms with Crippen molar-refractivity contribution in [3.05, 3.63) is 66.0 Å². The van der Waals surface area contributed by atoms with Crippen molar-refractivity contribution in [2.75, 3.05) is 13.7 Å². The average Bonchev–Trinajstić information content (AvgIpc) is 2.78. The van der Waals surface area contributed by atoms with Gasteiger partial charge in [-0.25, -0.2) is 0 Å². The number of pyridine rings is 1. The van der Waals surface area contributed by atoms with Crippen LogP contribution in [0.2, 0.25) is 0 Å². The summed E-state index contributed by atoms with van der Waals surface area (Å²) in [5.41, 5.74) is 1.40. The van der Waals surface area contributed by atoms with Crippen LogP contribution in [0.25, 0.3) is 0 Å². The minimum atomic E-state index is -0.161. The van der Waals surface area contributed by atoms with E-state index in [9.17, 15) is 9.59 Å². The predicted octanol–water partition coefficient (Wildman–Crippen LogP) is 4.74. The maximum Gasteiger partial charge on any atom is 0.220 e. The lowest BCUT2D eigenvalue weighted by Gasteiger charge is -2.12. The van der Waals surface area contributed by atoms with Crippen LogP contribution in [0.3, 0.4) is 0 Å². The fourth-order valence-corrected chi connectivity index (χ4v) is 2.90. The van der Waals surface area contributed by atoms with E-state index in [-0.39, 0.29) is 18.3 Å². The number of amides is 1. The third kappa shape index (κ3) is 9.03. The van der Waals surface area contributed by atoms with E-state index in [1.165, 1.54) is 6.20 Å². The molecule has 6 heteroatoms. The smallest absolute Gasteiger partial charge is 0.220 e. The van der Waals surface area contributed by atoms with Crippen molar-refractivity contribution >= 4 is 11.7 Å². The third-order valence-electron chi connectivity index (χ3n) is 4.61. The van der Waals surface area contributed by atoms with Gasteiger partial charge in [0.25, 0.3) is 0 Å². The molecular formula is C25H32N2O4. The lowest BCUT2D eigenvalue weighted by atomic mass is 10.1. The number of hydrogen-bond acceptors (Lipinski definition) is 5. The second-order valence-electron chi connectivity index (χ2n) is 7.63. The molecular weight excluding hydrogens is 392 g/mol. The molecule has 166 valence electrons. The first kappa shape index (κ1) is 24.1. The number of aromatic nitrogens is 1. The Hall–Kier alpha value is -3.15. The first-order valence-electron chi connectivity index (χ1n) is 10.7. The molecule has 0 atom stereocenters. The lowest BCUT2D eigenvalue weighted by molar-refractivity contribution is -0.121. The fraction of sp³-hybridized carbons (Fsp3) is 0.400. The Morgan fingerprint density at radius 2 is 2.00 bits per heavy atom. The summed E-state index contributed by atoms with van der Waals surface area (Å²) >= 11 is 0. The number of ketones is 1. The predicted molar refractivity (Wildman–Crippen MR) is 121 cm³/mol. The standard InChI is InChI=1S/C25H32N2O4/c1-19(2)9-6-4-5-7-11-25(29)27-16-20-12-13-23(24(15-20)30-3)31-18-22(28)21-10-8-14-26-17-21/h6,8-10,12-15,17,19H,4-5,7,11,16,18H2,1-3H3,(H,27,29)/b9-6+. The topological polar surface area (TPSA) is 77.5 Å². The van der Waals surface area contributed by atoms with Crippen molar-refractivity contribution in [3.8, 4) is 11.5 Å². The molecule has 0 aliphatic carbocycles. The number of unbranched alkanes of at least 4 members (excludes halogenated alkanes) is 2. The number of nitrogens with zero attached hydrogens (tertiary/aromatic N) is 1. The SMILES string of the molecule is COc1cc(CNC(=O)CCCC/C=C/C(C)C)ccc1OCC(=O)c1cccnc1. The van der Waals surface area contributed by atoms with Gasteiger partial charge in [-0.1, -0.05) is 32.1 Å². The zero-order valence-electron chi connectivity index (χ0n) is 18.6. The third-order valence-corrected chi connectivity index (χ3v) is 4.61. The normalized spacial score (nSPS) is 11.0. The molecule has 1 aromatic carbocycles. The summed E-state index contributed by atoms with van der Waals surface area (Å²) in [6.07, 6.45) is 10.9. The van der Waals surface area contributed by atoms with E-state index in [0.717, 1.165) is 24.8 Å². The van der Waals surface area contributed by atoms with E-state index in [2.05, 4.69) is 36.3 Å². The monoisotopic (exact) mass is 424 g/mol. The number of rotatable bonds is 13.